The molecule has 0 spiro atoms. The van der Waals surface area contributed by atoms with Crippen LogP contribution < -0.4 is 5.32 Å². The average Bonchev–Trinajstić information content (AvgIpc) is 2.48. The van der Waals surface area contributed by atoms with Crippen LogP contribution in [0.4, 0.5) is 23.2 Å². The molecule has 1 aliphatic rings. The second-order valence-electron chi connectivity index (χ2n) is 4.69. The standard InChI is InChI=1S/C12H10F4N4O/c13-8-2-1-3-9-7(8)4-6(5-12(14,15)16)10(19-20-17)11(21)18-9/h1-3,6,10H,4-5H2,(H,18,21). The van der Waals surface area contributed by atoms with Crippen molar-refractivity contribution in [1.29, 1.82) is 0 Å². The van der Waals surface area contributed by atoms with Crippen molar-refractivity contribution in [3.05, 3.63) is 40.0 Å². The Balaban J connectivity index is 2.45. The normalized spacial score (nSPS) is 21.8. The van der Waals surface area contributed by atoms with E-state index < -0.39 is 36.3 Å². The van der Waals surface area contributed by atoms with Gasteiger partial charge in [-0.15, -0.1) is 0 Å². The Morgan fingerprint density at radius 3 is 2.76 bits per heavy atom. The lowest BCUT2D eigenvalue weighted by atomic mass is 9.90. The van der Waals surface area contributed by atoms with Gasteiger partial charge in [-0.1, -0.05) is 11.2 Å². The molecule has 0 aliphatic carbocycles. The van der Waals surface area contributed by atoms with Gasteiger partial charge in [-0.3, -0.25) is 4.79 Å². The molecule has 5 nitrogen and oxygen atoms in total. The molecule has 1 amide bonds. The fourth-order valence-electron chi connectivity index (χ4n) is 2.36. The van der Waals surface area contributed by atoms with Crippen LogP contribution in [0.15, 0.2) is 23.3 Å². The Kier molecular flexibility index (Phi) is 4.04. The van der Waals surface area contributed by atoms with Crippen molar-refractivity contribution < 1.29 is 22.4 Å². The molecule has 1 heterocycles. The fraction of sp³-hybridized carbons (Fsp3) is 0.417. The molecule has 1 aromatic rings. The van der Waals surface area contributed by atoms with Crippen LogP contribution in [0.1, 0.15) is 12.0 Å². The Bertz CT molecular complexity index is 610. The molecule has 9 heteroatoms. The van der Waals surface area contributed by atoms with Gasteiger partial charge in [0.2, 0.25) is 5.91 Å². The minimum absolute atomic E-state index is 0.0178. The van der Waals surface area contributed by atoms with E-state index in [9.17, 15) is 22.4 Å². The van der Waals surface area contributed by atoms with Gasteiger partial charge in [-0.25, -0.2) is 4.39 Å². The van der Waals surface area contributed by atoms with Crippen LogP contribution in [0.2, 0.25) is 0 Å². The highest BCUT2D eigenvalue weighted by Gasteiger charge is 2.40. The molecule has 0 saturated heterocycles. The van der Waals surface area contributed by atoms with Crippen molar-refractivity contribution in [3.63, 3.8) is 0 Å². The maximum absolute atomic E-state index is 13.8. The summed E-state index contributed by atoms with van der Waals surface area (Å²) >= 11 is 0. The van der Waals surface area contributed by atoms with Crippen molar-refractivity contribution in [3.8, 4) is 0 Å². The number of azide groups is 1. The fourth-order valence-corrected chi connectivity index (χ4v) is 2.36. The SMILES string of the molecule is [N-]=[N+]=NC1C(=O)Nc2cccc(F)c2CC1CC(F)(F)F. The Labute approximate surface area is 116 Å². The summed E-state index contributed by atoms with van der Waals surface area (Å²) in [7, 11) is 0. The third-order valence-electron chi connectivity index (χ3n) is 3.23. The van der Waals surface area contributed by atoms with E-state index in [0.717, 1.165) is 6.07 Å². The van der Waals surface area contributed by atoms with E-state index in [-0.39, 0.29) is 17.7 Å². The number of anilines is 1. The van der Waals surface area contributed by atoms with Crippen LogP contribution >= 0.6 is 0 Å². The lowest BCUT2D eigenvalue weighted by molar-refractivity contribution is -0.147. The molecule has 0 radical (unpaired) electrons. The predicted octanol–water partition coefficient (Wildman–Crippen LogP) is 3.57. The highest BCUT2D eigenvalue weighted by Crippen LogP contribution is 2.35. The van der Waals surface area contributed by atoms with Crippen LogP contribution in [0, 0.1) is 11.7 Å². The number of hydrogen-bond acceptors (Lipinski definition) is 2. The van der Waals surface area contributed by atoms with E-state index in [1.165, 1.54) is 12.1 Å². The zero-order valence-corrected chi connectivity index (χ0v) is 10.6. The second kappa shape index (κ2) is 5.61. The number of hydrogen-bond donors (Lipinski definition) is 1. The monoisotopic (exact) mass is 302 g/mol. The quantitative estimate of drug-likeness (QED) is 0.385. The predicted molar refractivity (Wildman–Crippen MR) is 65.8 cm³/mol. The van der Waals surface area contributed by atoms with Crippen molar-refractivity contribution in [1.82, 2.24) is 0 Å². The van der Waals surface area contributed by atoms with Gasteiger partial charge in [-0.2, -0.15) is 13.2 Å². The van der Waals surface area contributed by atoms with Gasteiger partial charge in [0.15, 0.2) is 0 Å². The van der Waals surface area contributed by atoms with E-state index in [1.807, 2.05) is 0 Å². The summed E-state index contributed by atoms with van der Waals surface area (Å²) in [5.74, 6) is -2.92. The molecule has 1 aliphatic heterocycles. The number of rotatable bonds is 2. The molecule has 0 saturated carbocycles. The minimum Gasteiger partial charge on any atom is -0.325 e. The van der Waals surface area contributed by atoms with Crippen molar-refractivity contribution in [2.75, 3.05) is 5.32 Å². The lowest BCUT2D eigenvalue weighted by Gasteiger charge is -2.20. The van der Waals surface area contributed by atoms with E-state index in [0.29, 0.717) is 0 Å². The first kappa shape index (κ1) is 15.1. The molecule has 21 heavy (non-hydrogen) atoms. The maximum Gasteiger partial charge on any atom is 0.389 e. The number of fused-ring (bicyclic) bond motifs is 1. The molecule has 0 bridgehead atoms. The summed E-state index contributed by atoms with van der Waals surface area (Å²) in [6.07, 6.45) is -6.23. The Morgan fingerprint density at radius 2 is 2.14 bits per heavy atom. The highest BCUT2D eigenvalue weighted by molar-refractivity contribution is 5.96. The molecular formula is C12H10F4N4O. The third-order valence-corrected chi connectivity index (χ3v) is 3.23. The highest BCUT2D eigenvalue weighted by atomic mass is 19.4. The van der Waals surface area contributed by atoms with Gasteiger partial charge in [0.05, 0.1) is 0 Å². The van der Waals surface area contributed by atoms with Crippen LogP contribution in [0.5, 0.6) is 0 Å². The number of nitrogens with zero attached hydrogens (tertiary/aromatic N) is 3. The van der Waals surface area contributed by atoms with Gasteiger partial charge in [0, 0.05) is 22.6 Å². The number of nitrogens with one attached hydrogen (secondary N) is 1. The molecule has 1 aromatic carbocycles. The number of alkyl halides is 3. The first-order valence-electron chi connectivity index (χ1n) is 6.01. The van der Waals surface area contributed by atoms with E-state index in [1.54, 1.807) is 0 Å². The summed E-state index contributed by atoms with van der Waals surface area (Å²) in [5.41, 5.74) is 8.52. The topological polar surface area (TPSA) is 77.9 Å². The summed E-state index contributed by atoms with van der Waals surface area (Å²) < 4.78 is 51.7. The summed E-state index contributed by atoms with van der Waals surface area (Å²) in [6.45, 7) is 0. The zero-order chi connectivity index (χ0) is 15.6. The van der Waals surface area contributed by atoms with E-state index in [4.69, 9.17) is 5.53 Å². The number of halogens is 4. The van der Waals surface area contributed by atoms with Crippen molar-refractivity contribution >= 4 is 11.6 Å². The number of amides is 1. The van der Waals surface area contributed by atoms with Crippen molar-refractivity contribution in [2.24, 2.45) is 11.0 Å². The zero-order valence-electron chi connectivity index (χ0n) is 10.6. The number of benzene rings is 1. The Morgan fingerprint density at radius 1 is 1.43 bits per heavy atom. The van der Waals surface area contributed by atoms with Crippen LogP contribution in [-0.4, -0.2) is 18.1 Å². The summed E-state index contributed by atoms with van der Waals surface area (Å²) in [4.78, 5) is 14.3. The first-order chi connectivity index (χ1) is 9.81. The molecular weight excluding hydrogens is 292 g/mol. The van der Waals surface area contributed by atoms with E-state index in [2.05, 4.69) is 15.3 Å². The summed E-state index contributed by atoms with van der Waals surface area (Å²) in [5, 5.41) is 5.45. The van der Waals surface area contributed by atoms with Gasteiger partial charge < -0.3 is 5.32 Å². The third kappa shape index (κ3) is 3.43. The van der Waals surface area contributed by atoms with E-state index >= 15 is 0 Å². The molecule has 0 aromatic heterocycles. The van der Waals surface area contributed by atoms with Gasteiger partial charge in [0.1, 0.15) is 11.9 Å². The summed E-state index contributed by atoms with van der Waals surface area (Å²) in [6, 6.07) is 2.28. The lowest BCUT2D eigenvalue weighted by Crippen LogP contribution is -2.34. The first-order valence-corrected chi connectivity index (χ1v) is 6.01. The second-order valence-corrected chi connectivity index (χ2v) is 4.69. The van der Waals surface area contributed by atoms with Gasteiger partial charge >= 0.3 is 6.18 Å². The number of carbonyl (C=O) groups excluding carboxylic acids is 1. The molecule has 0 fully saturated rings. The maximum atomic E-state index is 13.8. The van der Waals surface area contributed by atoms with Gasteiger partial charge in [0.25, 0.3) is 0 Å². The van der Waals surface area contributed by atoms with Crippen LogP contribution in [-0.2, 0) is 11.2 Å². The average molecular weight is 302 g/mol. The minimum atomic E-state index is -4.55. The smallest absolute Gasteiger partial charge is 0.325 e. The molecule has 2 atom stereocenters. The Hall–Kier alpha value is -2.28. The van der Waals surface area contributed by atoms with Gasteiger partial charge in [-0.05, 0) is 30.0 Å². The molecule has 1 N–H and O–H groups in total. The largest absolute Gasteiger partial charge is 0.389 e. The van der Waals surface area contributed by atoms with Crippen LogP contribution in [0.3, 0.4) is 0 Å². The van der Waals surface area contributed by atoms with Crippen LogP contribution in [0.25, 0.3) is 10.4 Å². The molecule has 2 unspecified atom stereocenters. The molecule has 2 rings (SSSR count). The molecule has 112 valence electrons. The van der Waals surface area contributed by atoms with Crippen molar-refractivity contribution in [2.45, 2.75) is 25.1 Å². The number of carbonyl (C=O) groups is 1.